The number of aliphatic hydroxyl groups excluding tert-OH is 2. The van der Waals surface area contributed by atoms with Crippen LogP contribution in [0.2, 0.25) is 10.0 Å². The summed E-state index contributed by atoms with van der Waals surface area (Å²) in [4.78, 5) is 39.2. The van der Waals surface area contributed by atoms with Crippen LogP contribution in [0.15, 0.2) is 84.9 Å². The van der Waals surface area contributed by atoms with Crippen molar-refractivity contribution >= 4 is 46.5 Å². The fraction of sp³-hybridized carbons (Fsp3) is 0.231. The van der Waals surface area contributed by atoms with Crippen molar-refractivity contribution < 1.29 is 49.0 Å². The van der Waals surface area contributed by atoms with Crippen LogP contribution in [0, 0.1) is 49.7 Å². The zero-order valence-electron chi connectivity index (χ0n) is 38.6. The lowest BCUT2D eigenvalue weighted by Gasteiger charge is -2.19. The minimum Gasteiger partial charge on any atom is -0.480 e. The first-order valence-corrected chi connectivity index (χ1v) is 22.5. The molecular formula is C52H44Cl2N8O10. The molecule has 20 heteroatoms. The highest BCUT2D eigenvalue weighted by Crippen LogP contribution is 2.35. The summed E-state index contributed by atoms with van der Waals surface area (Å²) in [7, 11) is 0. The number of hydrogen-bond acceptors (Lipinski definition) is 14. The number of aliphatic hydroxyl groups is 2. The van der Waals surface area contributed by atoms with Crippen molar-refractivity contribution in [3.63, 3.8) is 0 Å². The number of nitrogens with zero attached hydrogens (tertiary/aromatic N) is 6. The summed E-state index contributed by atoms with van der Waals surface area (Å²) in [6.45, 7) is 17.0. The second-order valence-corrected chi connectivity index (χ2v) is 16.8. The SMILES string of the molecule is [C-]#[N+]c1cc(C#N)cc(COc2nc(OCc3cccc(-c4cccc(COc5nc(OCc6cc(C#N)cc([N+]#[C-])c6)c(CN[C@@H](CO)C(=O)O)cc5Cl)c4C)c3C)c(Cl)cc2CN[C@@H](CO)C(=O)O)c1. The zero-order valence-corrected chi connectivity index (χ0v) is 40.1. The van der Waals surface area contributed by atoms with E-state index in [1.165, 1.54) is 24.3 Å². The van der Waals surface area contributed by atoms with Crippen molar-refractivity contribution in [2.24, 2.45) is 0 Å². The van der Waals surface area contributed by atoms with Crippen LogP contribution in [0.5, 0.6) is 23.5 Å². The summed E-state index contributed by atoms with van der Waals surface area (Å²) in [6.07, 6.45) is 0. The van der Waals surface area contributed by atoms with E-state index in [9.17, 15) is 40.5 Å². The van der Waals surface area contributed by atoms with Crippen LogP contribution in [0.25, 0.3) is 20.8 Å². The Morgan fingerprint density at radius 1 is 0.611 bits per heavy atom. The summed E-state index contributed by atoms with van der Waals surface area (Å²) < 4.78 is 24.5. The van der Waals surface area contributed by atoms with Crippen LogP contribution in [0.4, 0.5) is 11.4 Å². The van der Waals surface area contributed by atoms with Crippen LogP contribution >= 0.6 is 23.2 Å². The smallest absolute Gasteiger partial charge is 0.323 e. The van der Waals surface area contributed by atoms with Crippen molar-refractivity contribution in [3.8, 4) is 46.8 Å². The Hall–Kier alpha value is -8.30. The Morgan fingerprint density at radius 2 is 1.00 bits per heavy atom. The summed E-state index contributed by atoms with van der Waals surface area (Å²) in [5.41, 5.74) is 7.90. The van der Waals surface area contributed by atoms with Gasteiger partial charge in [-0.2, -0.15) is 20.5 Å². The fourth-order valence-corrected chi connectivity index (χ4v) is 7.71. The summed E-state index contributed by atoms with van der Waals surface area (Å²) in [6, 6.07) is 25.2. The van der Waals surface area contributed by atoms with E-state index in [-0.39, 0.29) is 95.6 Å². The van der Waals surface area contributed by atoms with Gasteiger partial charge in [-0.15, -0.1) is 0 Å². The Kier molecular flexibility index (Phi) is 18.4. The second kappa shape index (κ2) is 25.0. The van der Waals surface area contributed by atoms with Gasteiger partial charge in [0.15, 0.2) is 11.4 Å². The van der Waals surface area contributed by atoms with Gasteiger partial charge in [0, 0.05) is 35.3 Å². The van der Waals surface area contributed by atoms with Crippen LogP contribution in [-0.2, 0) is 49.1 Å². The number of halogens is 2. The average Bonchev–Trinajstić information content (AvgIpc) is 3.37. The van der Waals surface area contributed by atoms with Gasteiger partial charge < -0.3 is 39.4 Å². The number of nitriles is 2. The summed E-state index contributed by atoms with van der Waals surface area (Å²) >= 11 is 13.4. The van der Waals surface area contributed by atoms with E-state index < -0.39 is 37.2 Å². The van der Waals surface area contributed by atoms with E-state index in [2.05, 4.69) is 30.3 Å². The molecule has 72 heavy (non-hydrogen) atoms. The van der Waals surface area contributed by atoms with Crippen LogP contribution < -0.4 is 29.6 Å². The van der Waals surface area contributed by atoms with E-state index in [0.29, 0.717) is 22.3 Å². The van der Waals surface area contributed by atoms with Gasteiger partial charge in [0.25, 0.3) is 0 Å². The average molecular weight is 1010 g/mol. The number of carbonyl (C=O) groups is 2. The molecule has 6 N–H and O–H groups in total. The van der Waals surface area contributed by atoms with E-state index in [1.54, 1.807) is 24.3 Å². The molecule has 18 nitrogen and oxygen atoms in total. The number of aliphatic carboxylic acids is 2. The molecule has 4 aromatic carbocycles. The lowest BCUT2D eigenvalue weighted by molar-refractivity contribution is -0.141. The molecule has 0 radical (unpaired) electrons. The van der Waals surface area contributed by atoms with E-state index in [4.69, 9.17) is 55.3 Å². The highest BCUT2D eigenvalue weighted by Gasteiger charge is 2.22. The molecule has 2 heterocycles. The predicted octanol–water partition coefficient (Wildman–Crippen LogP) is 8.30. The third-order valence-electron chi connectivity index (χ3n) is 11.1. The van der Waals surface area contributed by atoms with Crippen molar-refractivity contribution in [2.45, 2.75) is 65.4 Å². The molecule has 0 aliphatic rings. The number of carboxylic acids is 2. The predicted molar refractivity (Wildman–Crippen MR) is 263 cm³/mol. The molecular weight excluding hydrogens is 968 g/mol. The maximum Gasteiger partial charge on any atom is 0.323 e. The Labute approximate surface area is 423 Å². The Balaban J connectivity index is 1.22. The molecule has 6 rings (SSSR count). The first-order valence-electron chi connectivity index (χ1n) is 21.7. The van der Waals surface area contributed by atoms with Gasteiger partial charge in [0.1, 0.15) is 48.6 Å². The summed E-state index contributed by atoms with van der Waals surface area (Å²) in [5, 5.41) is 62.8. The van der Waals surface area contributed by atoms with E-state index in [0.717, 1.165) is 33.4 Å². The topological polar surface area (TPSA) is 258 Å². The van der Waals surface area contributed by atoms with Crippen molar-refractivity contribution in [1.29, 1.82) is 10.5 Å². The van der Waals surface area contributed by atoms with Crippen molar-refractivity contribution in [1.82, 2.24) is 20.6 Å². The van der Waals surface area contributed by atoms with Crippen LogP contribution in [0.1, 0.15) is 55.6 Å². The number of hydrogen-bond donors (Lipinski definition) is 6. The quantitative estimate of drug-likeness (QED) is 0.0330. The lowest BCUT2D eigenvalue weighted by Crippen LogP contribution is -2.39. The van der Waals surface area contributed by atoms with Crippen molar-refractivity contribution in [2.75, 3.05) is 13.2 Å². The van der Waals surface area contributed by atoms with Crippen molar-refractivity contribution in [3.05, 3.63) is 173 Å². The molecule has 0 saturated carbocycles. The maximum absolute atomic E-state index is 11.6. The number of ether oxygens (including phenoxy) is 4. The first kappa shape index (κ1) is 53.1. The number of carboxylic acid groups (broad SMARTS) is 2. The van der Waals surface area contributed by atoms with E-state index in [1.807, 2.05) is 62.4 Å². The number of rotatable bonds is 23. The molecule has 366 valence electrons. The molecule has 0 bridgehead atoms. The van der Waals surface area contributed by atoms with Gasteiger partial charge in [-0.25, -0.2) is 9.69 Å². The maximum atomic E-state index is 11.6. The van der Waals surface area contributed by atoms with Gasteiger partial charge in [0.2, 0.25) is 23.5 Å². The van der Waals surface area contributed by atoms with Crippen LogP contribution in [-0.4, -0.2) is 67.6 Å². The number of nitrogens with one attached hydrogen (secondary N) is 2. The normalized spacial score (nSPS) is 11.5. The molecule has 0 unspecified atom stereocenters. The molecule has 0 spiro atoms. The molecule has 0 aliphatic carbocycles. The van der Waals surface area contributed by atoms with Gasteiger partial charge in [-0.3, -0.25) is 20.2 Å². The van der Waals surface area contributed by atoms with Gasteiger partial charge >= 0.3 is 11.9 Å². The minimum absolute atomic E-state index is 0.0160. The largest absolute Gasteiger partial charge is 0.480 e. The second-order valence-electron chi connectivity index (χ2n) is 15.9. The highest BCUT2D eigenvalue weighted by atomic mass is 35.5. The molecule has 0 aliphatic heterocycles. The number of benzene rings is 4. The highest BCUT2D eigenvalue weighted by molar-refractivity contribution is 6.32. The monoisotopic (exact) mass is 1010 g/mol. The summed E-state index contributed by atoms with van der Waals surface area (Å²) in [5.74, 6) is -2.43. The van der Waals surface area contributed by atoms with Crippen LogP contribution in [0.3, 0.4) is 0 Å². The molecule has 0 saturated heterocycles. The first-order chi connectivity index (χ1) is 34.7. The Bertz CT molecular complexity index is 2910. The molecule has 2 atom stereocenters. The third-order valence-corrected chi connectivity index (χ3v) is 11.7. The Morgan fingerprint density at radius 3 is 1.35 bits per heavy atom. The third kappa shape index (κ3) is 13.5. The van der Waals surface area contributed by atoms with Gasteiger partial charge in [0.05, 0.1) is 38.5 Å². The van der Waals surface area contributed by atoms with E-state index >= 15 is 0 Å². The minimum atomic E-state index is -1.28. The fourth-order valence-electron chi connectivity index (χ4n) is 7.25. The molecule has 0 amide bonds. The van der Waals surface area contributed by atoms with Gasteiger partial charge in [-0.1, -0.05) is 59.6 Å². The lowest BCUT2D eigenvalue weighted by atomic mass is 9.92. The molecule has 0 fully saturated rings. The number of aromatic nitrogens is 2. The van der Waals surface area contributed by atoms with Gasteiger partial charge in [-0.05, 0) is 107 Å². The zero-order chi connectivity index (χ0) is 51.9. The molecule has 6 aromatic rings. The number of pyridine rings is 2. The standard InChI is InChI=1S/C52H44Cl2N8O10/c1-29-35(27-71-49-43(53)17-37(21-59-45(23-63)51(65)66)47(61-49)69-25-33-11-31(19-55)13-39(15-33)57-3)7-5-9-41(29)42-10-6-8-36(30(42)2)28-72-50-44(54)18-38(22-60-46(24-64)52(67)68)48(62-50)70-26-34-12-32(20-56)14-40(16-34)58-4/h5-18,45-46,59-60,63-64H,21-28H2,1-2H3,(H,65,66)(H,67,68)/t45-,46-/m0/s1. The molecule has 2 aromatic heterocycles.